The third-order valence-corrected chi connectivity index (χ3v) is 3.98. The van der Waals surface area contributed by atoms with Crippen molar-refractivity contribution in [2.24, 2.45) is 4.99 Å². The smallest absolute Gasteiger partial charge is 0.191 e. The molecule has 0 aromatic heterocycles. The number of hydrogen-bond donors (Lipinski definition) is 2. The first-order valence-corrected chi connectivity index (χ1v) is 9.16. The summed E-state index contributed by atoms with van der Waals surface area (Å²) in [6, 6.07) is 11.6. The molecule has 0 amide bonds. The van der Waals surface area contributed by atoms with Crippen molar-refractivity contribution in [3.63, 3.8) is 0 Å². The highest BCUT2D eigenvalue weighted by atomic mass is 127. The Kier molecular flexibility index (Phi) is 11.0. The second-order valence-electron chi connectivity index (χ2n) is 6.66. The van der Waals surface area contributed by atoms with Crippen molar-refractivity contribution >= 4 is 29.9 Å². The molecule has 0 spiro atoms. The fraction of sp³-hybridized carbons (Fsp3) is 0.381. The molecular weight excluding hydrogens is 473 g/mol. The van der Waals surface area contributed by atoms with Crippen molar-refractivity contribution in [2.75, 3.05) is 27.2 Å². The third-order valence-electron chi connectivity index (χ3n) is 3.98. The summed E-state index contributed by atoms with van der Waals surface area (Å²) < 4.78 is 26.8. The summed E-state index contributed by atoms with van der Waals surface area (Å²) >= 11 is 0. The Morgan fingerprint density at radius 1 is 1.00 bits per heavy atom. The molecule has 2 N–H and O–H groups in total. The van der Waals surface area contributed by atoms with Gasteiger partial charge in [-0.15, -0.1) is 24.0 Å². The van der Waals surface area contributed by atoms with E-state index in [-0.39, 0.29) is 35.6 Å². The lowest BCUT2D eigenvalue weighted by Gasteiger charge is -2.13. The summed E-state index contributed by atoms with van der Waals surface area (Å²) in [5, 5.41) is 6.48. The molecule has 28 heavy (non-hydrogen) atoms. The molecule has 0 fully saturated rings. The van der Waals surface area contributed by atoms with Crippen LogP contribution in [-0.2, 0) is 19.5 Å². The van der Waals surface area contributed by atoms with Crippen LogP contribution in [0.3, 0.4) is 0 Å². The normalized spacial score (nSPS) is 11.3. The van der Waals surface area contributed by atoms with Gasteiger partial charge in [0.2, 0.25) is 0 Å². The standard InChI is InChI=1S/C21H28F2N4.HI/c1-4-24-21(25-12-11-16-5-8-19(22)9-6-16)26-14-17-7-10-20(23)18(13-17)15-27(2)3;/h5-10,13H,4,11-12,14-15H2,1-3H3,(H2,24,25,26);1H. The van der Waals surface area contributed by atoms with Gasteiger partial charge in [0.15, 0.2) is 5.96 Å². The molecule has 7 heteroatoms. The Labute approximate surface area is 183 Å². The van der Waals surface area contributed by atoms with E-state index in [9.17, 15) is 8.78 Å². The topological polar surface area (TPSA) is 39.7 Å². The Balaban J connectivity index is 0.00000392. The van der Waals surface area contributed by atoms with Crippen molar-refractivity contribution in [2.45, 2.75) is 26.4 Å². The van der Waals surface area contributed by atoms with Crippen LogP contribution in [0.2, 0.25) is 0 Å². The molecule has 154 valence electrons. The highest BCUT2D eigenvalue weighted by Crippen LogP contribution is 2.13. The minimum atomic E-state index is -0.227. The van der Waals surface area contributed by atoms with E-state index in [1.165, 1.54) is 18.2 Å². The molecular formula is C21H29F2IN4. The van der Waals surface area contributed by atoms with Crippen LogP contribution in [0, 0.1) is 11.6 Å². The van der Waals surface area contributed by atoms with E-state index in [0.29, 0.717) is 31.2 Å². The van der Waals surface area contributed by atoms with E-state index in [2.05, 4.69) is 15.6 Å². The Morgan fingerprint density at radius 2 is 1.68 bits per heavy atom. The van der Waals surface area contributed by atoms with E-state index < -0.39 is 0 Å². The van der Waals surface area contributed by atoms with Crippen LogP contribution < -0.4 is 10.6 Å². The zero-order valence-electron chi connectivity index (χ0n) is 16.6. The van der Waals surface area contributed by atoms with Crippen LogP contribution in [-0.4, -0.2) is 38.0 Å². The second kappa shape index (κ2) is 12.7. The van der Waals surface area contributed by atoms with Gasteiger partial charge in [-0.05, 0) is 62.8 Å². The first-order valence-electron chi connectivity index (χ1n) is 9.16. The van der Waals surface area contributed by atoms with Gasteiger partial charge in [0.1, 0.15) is 11.6 Å². The van der Waals surface area contributed by atoms with E-state index in [1.807, 2.05) is 32.0 Å². The Bertz CT molecular complexity index is 749. The van der Waals surface area contributed by atoms with Crippen LogP contribution >= 0.6 is 24.0 Å². The molecule has 0 saturated carbocycles. The maximum atomic E-state index is 13.9. The predicted octanol–water partition coefficient (Wildman–Crippen LogP) is 3.94. The lowest BCUT2D eigenvalue weighted by Crippen LogP contribution is -2.38. The van der Waals surface area contributed by atoms with Crippen LogP contribution in [0.15, 0.2) is 47.5 Å². The maximum absolute atomic E-state index is 13.9. The zero-order chi connectivity index (χ0) is 19.6. The predicted molar refractivity (Wildman–Crippen MR) is 122 cm³/mol. The molecule has 0 aliphatic heterocycles. The lowest BCUT2D eigenvalue weighted by molar-refractivity contribution is 0.392. The first kappa shape index (κ1) is 24.3. The highest BCUT2D eigenvalue weighted by molar-refractivity contribution is 14.0. The summed E-state index contributed by atoms with van der Waals surface area (Å²) in [5.74, 6) is 0.286. The zero-order valence-corrected chi connectivity index (χ0v) is 19.0. The van der Waals surface area contributed by atoms with Gasteiger partial charge < -0.3 is 15.5 Å². The number of nitrogens with one attached hydrogen (secondary N) is 2. The maximum Gasteiger partial charge on any atom is 0.191 e. The lowest BCUT2D eigenvalue weighted by atomic mass is 10.1. The van der Waals surface area contributed by atoms with Gasteiger partial charge in [-0.3, -0.25) is 0 Å². The largest absolute Gasteiger partial charge is 0.357 e. The molecule has 2 aromatic carbocycles. The molecule has 0 aliphatic carbocycles. The fourth-order valence-corrected chi connectivity index (χ4v) is 2.68. The summed E-state index contributed by atoms with van der Waals surface area (Å²) in [4.78, 5) is 6.51. The highest BCUT2D eigenvalue weighted by Gasteiger charge is 2.05. The van der Waals surface area contributed by atoms with Crippen LogP contribution in [0.1, 0.15) is 23.6 Å². The average molecular weight is 502 g/mol. The molecule has 4 nitrogen and oxygen atoms in total. The minimum Gasteiger partial charge on any atom is -0.357 e. The number of benzene rings is 2. The number of hydrogen-bond acceptors (Lipinski definition) is 2. The molecule has 0 unspecified atom stereocenters. The number of rotatable bonds is 8. The molecule has 0 heterocycles. The molecule has 0 saturated heterocycles. The van der Waals surface area contributed by atoms with Crippen LogP contribution in [0.25, 0.3) is 0 Å². The monoisotopic (exact) mass is 502 g/mol. The quantitative estimate of drug-likeness (QED) is 0.327. The van der Waals surface area contributed by atoms with E-state index in [4.69, 9.17) is 0 Å². The SMILES string of the molecule is CCNC(=NCc1ccc(F)c(CN(C)C)c1)NCCc1ccc(F)cc1.I. The third kappa shape index (κ3) is 8.52. The second-order valence-corrected chi connectivity index (χ2v) is 6.66. The van der Waals surface area contributed by atoms with E-state index in [1.54, 1.807) is 18.2 Å². The molecule has 0 bridgehead atoms. The number of guanidine groups is 1. The van der Waals surface area contributed by atoms with Gasteiger partial charge in [-0.2, -0.15) is 0 Å². The molecule has 0 aliphatic rings. The van der Waals surface area contributed by atoms with Crippen molar-refractivity contribution in [1.82, 2.24) is 15.5 Å². The summed E-state index contributed by atoms with van der Waals surface area (Å²) in [6.07, 6.45) is 0.772. The van der Waals surface area contributed by atoms with Crippen molar-refractivity contribution < 1.29 is 8.78 Å². The first-order chi connectivity index (χ1) is 13.0. The Morgan fingerprint density at radius 3 is 2.32 bits per heavy atom. The van der Waals surface area contributed by atoms with Crippen molar-refractivity contribution in [1.29, 1.82) is 0 Å². The summed E-state index contributed by atoms with van der Waals surface area (Å²) in [5.41, 5.74) is 2.69. The minimum absolute atomic E-state index is 0. The van der Waals surface area contributed by atoms with Gasteiger partial charge in [-0.1, -0.05) is 18.2 Å². The van der Waals surface area contributed by atoms with Gasteiger partial charge in [-0.25, -0.2) is 13.8 Å². The average Bonchev–Trinajstić information content (AvgIpc) is 2.63. The number of aliphatic imine (C=N–C) groups is 1. The molecule has 2 rings (SSSR count). The van der Waals surface area contributed by atoms with Gasteiger partial charge in [0.05, 0.1) is 6.54 Å². The van der Waals surface area contributed by atoms with Crippen molar-refractivity contribution in [3.8, 4) is 0 Å². The molecule has 0 radical (unpaired) electrons. The number of nitrogens with zero attached hydrogens (tertiary/aromatic N) is 2. The number of halogens is 3. The van der Waals surface area contributed by atoms with Gasteiger partial charge in [0, 0.05) is 25.2 Å². The van der Waals surface area contributed by atoms with Crippen LogP contribution in [0.4, 0.5) is 8.78 Å². The molecule has 2 aromatic rings. The Hall–Kier alpha value is -1.74. The summed E-state index contributed by atoms with van der Waals surface area (Å²) in [7, 11) is 3.83. The fourth-order valence-electron chi connectivity index (χ4n) is 2.68. The van der Waals surface area contributed by atoms with E-state index >= 15 is 0 Å². The van der Waals surface area contributed by atoms with Gasteiger partial charge >= 0.3 is 0 Å². The summed E-state index contributed by atoms with van der Waals surface area (Å²) in [6.45, 7) is 4.46. The molecule has 0 atom stereocenters. The van der Waals surface area contributed by atoms with Crippen molar-refractivity contribution in [3.05, 3.63) is 70.8 Å². The van der Waals surface area contributed by atoms with Crippen LogP contribution in [0.5, 0.6) is 0 Å². The van der Waals surface area contributed by atoms with E-state index in [0.717, 1.165) is 24.1 Å². The van der Waals surface area contributed by atoms with Gasteiger partial charge in [0.25, 0.3) is 0 Å².